The van der Waals surface area contributed by atoms with E-state index in [4.69, 9.17) is 0 Å². The van der Waals surface area contributed by atoms with E-state index >= 15 is 0 Å². The Morgan fingerprint density at radius 2 is 2.04 bits per heavy atom. The Labute approximate surface area is 145 Å². The predicted molar refractivity (Wildman–Crippen MR) is 93.4 cm³/mol. The number of piperidine rings is 1. The molecule has 0 aromatic rings. The molecular weight excluding hydrogens is 298 g/mol. The summed E-state index contributed by atoms with van der Waals surface area (Å²) in [4.78, 5) is 12.5. The third-order valence-corrected chi connectivity index (χ3v) is 9.25. The van der Waals surface area contributed by atoms with Gasteiger partial charge < -0.3 is 5.11 Å². The van der Waals surface area contributed by atoms with Crippen LogP contribution in [0.4, 0.5) is 0 Å². The second-order valence-corrected chi connectivity index (χ2v) is 9.91. The molecule has 0 bridgehead atoms. The van der Waals surface area contributed by atoms with Gasteiger partial charge in [-0.15, -0.1) is 0 Å². The van der Waals surface area contributed by atoms with E-state index in [9.17, 15) is 9.90 Å². The first-order chi connectivity index (χ1) is 11.3. The molecule has 5 rings (SSSR count). The van der Waals surface area contributed by atoms with Crippen molar-refractivity contribution in [2.45, 2.75) is 83.4 Å². The summed E-state index contributed by atoms with van der Waals surface area (Å²) in [5, 5.41) is 13.7. The van der Waals surface area contributed by atoms with Crippen molar-refractivity contribution in [2.24, 2.45) is 28.6 Å². The van der Waals surface area contributed by atoms with Crippen molar-refractivity contribution in [1.82, 2.24) is 5.32 Å². The number of aliphatic hydroxyl groups is 1. The molecule has 1 saturated heterocycles. The molecule has 5 aliphatic rings. The van der Waals surface area contributed by atoms with Crippen LogP contribution in [0.2, 0.25) is 0 Å². The molecule has 4 fully saturated rings. The van der Waals surface area contributed by atoms with Gasteiger partial charge in [-0.25, -0.2) is 0 Å². The SMILES string of the molecule is CC(=O)[C@@]12N[C@@H]1C[C@H]1[C@H]3CC=C4C[C@@H](O)CC[C@]4(C)[C@H]3CC[C@@]12C. The molecule has 3 saturated carbocycles. The Hall–Kier alpha value is -0.670. The second kappa shape index (κ2) is 4.54. The monoisotopic (exact) mass is 329 g/mol. The zero-order chi connectivity index (χ0) is 16.9. The summed E-state index contributed by atoms with van der Waals surface area (Å²) in [5.74, 6) is 2.55. The lowest BCUT2D eigenvalue weighted by atomic mass is 9.46. The summed E-state index contributed by atoms with van der Waals surface area (Å²) in [6, 6.07) is 0.440. The van der Waals surface area contributed by atoms with Crippen LogP contribution in [0.3, 0.4) is 0 Å². The number of allylic oxidation sites excluding steroid dienone is 1. The van der Waals surface area contributed by atoms with Gasteiger partial charge in [0.1, 0.15) is 0 Å². The van der Waals surface area contributed by atoms with E-state index in [0.717, 1.165) is 31.1 Å². The molecule has 2 N–H and O–H groups in total. The molecule has 1 heterocycles. The average molecular weight is 329 g/mol. The molecule has 0 unspecified atom stereocenters. The van der Waals surface area contributed by atoms with Crippen molar-refractivity contribution < 1.29 is 9.90 Å². The number of aliphatic hydroxyl groups excluding tert-OH is 1. The maximum Gasteiger partial charge on any atom is 0.151 e. The summed E-state index contributed by atoms with van der Waals surface area (Å²) in [5.41, 5.74) is 1.79. The summed E-state index contributed by atoms with van der Waals surface area (Å²) in [7, 11) is 0. The lowest BCUT2D eigenvalue weighted by molar-refractivity contribution is -0.126. The summed E-state index contributed by atoms with van der Waals surface area (Å²) in [6.07, 6.45) is 10.2. The van der Waals surface area contributed by atoms with Gasteiger partial charge in [0.15, 0.2) is 5.78 Å². The van der Waals surface area contributed by atoms with E-state index in [1.165, 1.54) is 31.3 Å². The number of Topliss-reactive ketones (excluding diaryl/α,β-unsaturated/α-hetero) is 1. The molecule has 0 radical (unpaired) electrons. The molecule has 3 nitrogen and oxygen atoms in total. The van der Waals surface area contributed by atoms with E-state index in [1.54, 1.807) is 6.92 Å². The molecule has 0 aromatic heterocycles. The number of fused-ring (bicyclic) bond motifs is 7. The first-order valence-corrected chi connectivity index (χ1v) is 9.99. The fraction of sp³-hybridized carbons (Fsp3) is 0.857. The minimum atomic E-state index is -0.198. The highest BCUT2D eigenvalue weighted by atomic mass is 16.3. The maximum atomic E-state index is 12.5. The first kappa shape index (κ1) is 15.6. The van der Waals surface area contributed by atoms with Crippen LogP contribution < -0.4 is 5.32 Å². The van der Waals surface area contributed by atoms with Crippen molar-refractivity contribution >= 4 is 5.78 Å². The minimum absolute atomic E-state index is 0.126. The zero-order valence-electron chi connectivity index (χ0n) is 15.3. The summed E-state index contributed by atoms with van der Waals surface area (Å²) >= 11 is 0. The molecule has 3 heteroatoms. The van der Waals surface area contributed by atoms with Crippen LogP contribution in [-0.4, -0.2) is 28.6 Å². The highest BCUT2D eigenvalue weighted by molar-refractivity contribution is 5.92. The van der Waals surface area contributed by atoms with Gasteiger partial charge in [0.05, 0.1) is 11.6 Å². The Morgan fingerprint density at radius 1 is 1.25 bits per heavy atom. The number of nitrogens with one attached hydrogen (secondary N) is 1. The number of rotatable bonds is 1. The summed E-state index contributed by atoms with van der Waals surface area (Å²) < 4.78 is 0. The van der Waals surface area contributed by atoms with Gasteiger partial charge in [-0.3, -0.25) is 10.1 Å². The fourth-order valence-electron chi connectivity index (χ4n) is 7.92. The van der Waals surface area contributed by atoms with E-state index < -0.39 is 0 Å². The number of hydrogen-bond donors (Lipinski definition) is 2. The molecule has 132 valence electrons. The average Bonchev–Trinajstić information content (AvgIpc) is 3.21. The Kier molecular flexibility index (Phi) is 2.94. The largest absolute Gasteiger partial charge is 0.393 e. The third-order valence-electron chi connectivity index (χ3n) is 9.25. The predicted octanol–water partition coefficient (Wildman–Crippen LogP) is 3.22. The van der Waals surface area contributed by atoms with Gasteiger partial charge in [-0.2, -0.15) is 0 Å². The van der Waals surface area contributed by atoms with Crippen molar-refractivity contribution in [1.29, 1.82) is 0 Å². The van der Waals surface area contributed by atoms with Crippen LogP contribution in [0.25, 0.3) is 0 Å². The number of ketones is 1. The molecule has 0 aromatic carbocycles. The topological polar surface area (TPSA) is 59.2 Å². The molecular formula is C21H31NO2. The number of carbonyl (C=O) groups excluding carboxylic acids is 1. The smallest absolute Gasteiger partial charge is 0.151 e. The molecule has 24 heavy (non-hydrogen) atoms. The zero-order valence-corrected chi connectivity index (χ0v) is 15.3. The van der Waals surface area contributed by atoms with E-state index in [-0.39, 0.29) is 17.1 Å². The van der Waals surface area contributed by atoms with Gasteiger partial charge in [-0.05, 0) is 80.5 Å². The van der Waals surface area contributed by atoms with E-state index in [1.807, 2.05) is 0 Å². The lowest BCUT2D eigenvalue weighted by Gasteiger charge is -2.58. The first-order valence-electron chi connectivity index (χ1n) is 9.99. The van der Waals surface area contributed by atoms with Gasteiger partial charge in [0.25, 0.3) is 0 Å². The minimum Gasteiger partial charge on any atom is -0.393 e. The van der Waals surface area contributed by atoms with Gasteiger partial charge in [-0.1, -0.05) is 25.5 Å². The van der Waals surface area contributed by atoms with Gasteiger partial charge >= 0.3 is 0 Å². The van der Waals surface area contributed by atoms with E-state index in [0.29, 0.717) is 23.2 Å². The standard InChI is InChI=1S/C21H31NO2/c1-12(23)21-18(22-21)11-17-15-5-4-13-10-14(24)6-8-19(13,2)16(15)7-9-20(17,21)3/h4,14-18,22,24H,5-11H2,1-3H3/t14-,15-,16-,17-,18+,19-,20-,21+/m0/s1. The highest BCUT2D eigenvalue weighted by Crippen LogP contribution is 2.70. The van der Waals surface area contributed by atoms with Gasteiger partial charge in [0.2, 0.25) is 0 Å². The molecule has 0 spiro atoms. The third kappa shape index (κ3) is 1.60. The van der Waals surface area contributed by atoms with Crippen molar-refractivity contribution in [3.8, 4) is 0 Å². The van der Waals surface area contributed by atoms with Crippen LogP contribution in [0.15, 0.2) is 11.6 Å². The fourth-order valence-corrected chi connectivity index (χ4v) is 7.92. The quantitative estimate of drug-likeness (QED) is 0.573. The molecule has 1 aliphatic heterocycles. The van der Waals surface area contributed by atoms with Crippen LogP contribution in [0.1, 0.15) is 65.7 Å². The number of hydrogen-bond acceptors (Lipinski definition) is 3. The van der Waals surface area contributed by atoms with Crippen molar-refractivity contribution in [3.63, 3.8) is 0 Å². The van der Waals surface area contributed by atoms with Crippen molar-refractivity contribution in [3.05, 3.63) is 11.6 Å². The van der Waals surface area contributed by atoms with Crippen LogP contribution in [-0.2, 0) is 4.79 Å². The normalized spacial score (nSPS) is 58.0. The molecule has 0 amide bonds. The van der Waals surface area contributed by atoms with E-state index in [2.05, 4.69) is 25.2 Å². The molecule has 4 aliphatic carbocycles. The van der Waals surface area contributed by atoms with Crippen LogP contribution >= 0.6 is 0 Å². The highest BCUT2D eigenvalue weighted by Gasteiger charge is 2.77. The molecule has 8 atom stereocenters. The second-order valence-electron chi connectivity index (χ2n) is 9.91. The Bertz CT molecular complexity index is 642. The van der Waals surface area contributed by atoms with Crippen molar-refractivity contribution in [2.75, 3.05) is 0 Å². The van der Waals surface area contributed by atoms with Crippen LogP contribution in [0.5, 0.6) is 0 Å². The van der Waals surface area contributed by atoms with Crippen LogP contribution in [0, 0.1) is 28.6 Å². The maximum absolute atomic E-state index is 12.5. The number of carbonyl (C=O) groups is 1. The lowest BCUT2D eigenvalue weighted by Crippen LogP contribution is -2.55. The Balaban J connectivity index is 1.51. The summed E-state index contributed by atoms with van der Waals surface area (Å²) in [6.45, 7) is 6.68. The van der Waals surface area contributed by atoms with Gasteiger partial charge in [0, 0.05) is 6.04 Å². The Morgan fingerprint density at radius 3 is 2.79 bits per heavy atom.